The van der Waals surface area contributed by atoms with E-state index in [1.165, 1.54) is 16.7 Å². The summed E-state index contributed by atoms with van der Waals surface area (Å²) in [6.45, 7) is 5.93. The van der Waals surface area contributed by atoms with Crippen LogP contribution in [0.1, 0.15) is 48.1 Å². The molecule has 0 saturated carbocycles. The first-order valence-electron chi connectivity index (χ1n) is 12.6. The van der Waals surface area contributed by atoms with Crippen molar-refractivity contribution in [3.8, 4) is 0 Å². The lowest BCUT2D eigenvalue weighted by Crippen LogP contribution is -2.32. The highest BCUT2D eigenvalue weighted by Crippen LogP contribution is 2.32. The molecule has 1 N–H and O–H groups in total. The Morgan fingerprint density at radius 1 is 0.914 bits per heavy atom. The van der Waals surface area contributed by atoms with Crippen LogP contribution in [0.25, 0.3) is 11.6 Å². The third-order valence-corrected chi connectivity index (χ3v) is 6.50. The molecule has 0 bridgehead atoms. The number of nitrogens with one attached hydrogen (secondary N) is 1. The van der Waals surface area contributed by atoms with Gasteiger partial charge in [-0.25, -0.2) is 0 Å². The number of hydrogen-bond acceptors (Lipinski definition) is 3. The Labute approximate surface area is 209 Å². The van der Waals surface area contributed by atoms with Crippen LogP contribution in [0, 0.1) is 6.92 Å². The molecule has 0 spiro atoms. The monoisotopic (exact) mass is 465 g/mol. The summed E-state index contributed by atoms with van der Waals surface area (Å²) in [6, 6.07) is 25.5. The van der Waals surface area contributed by atoms with E-state index in [1.807, 2.05) is 19.1 Å². The number of rotatable bonds is 9. The lowest BCUT2D eigenvalue weighted by molar-refractivity contribution is -0.116. The van der Waals surface area contributed by atoms with Crippen molar-refractivity contribution in [1.29, 1.82) is 0 Å². The van der Waals surface area contributed by atoms with Crippen LogP contribution in [-0.2, 0) is 4.79 Å². The number of nitrogens with zero attached hydrogens (tertiary/aromatic N) is 2. The van der Waals surface area contributed by atoms with Gasteiger partial charge in [0, 0.05) is 37.6 Å². The van der Waals surface area contributed by atoms with Crippen molar-refractivity contribution >= 4 is 17.6 Å². The molecule has 35 heavy (non-hydrogen) atoms. The van der Waals surface area contributed by atoms with E-state index < -0.39 is 0 Å². The van der Waals surface area contributed by atoms with Crippen LogP contribution in [0.3, 0.4) is 0 Å². The highest BCUT2D eigenvalue weighted by molar-refractivity contribution is 5.91. The maximum absolute atomic E-state index is 12.0. The number of aryl methyl sites for hydroxylation is 1. The molecule has 2 heterocycles. The van der Waals surface area contributed by atoms with Gasteiger partial charge in [-0.1, -0.05) is 72.3 Å². The van der Waals surface area contributed by atoms with Crippen LogP contribution in [0.15, 0.2) is 90.6 Å². The standard InChI is InChI=1S/C31H35N3O/c1-25-14-15-26(24-33-25)16-17-30(35)32-20-8-9-21-34-22-18-29(19-23-34)31(27-10-4-2-5-11-27)28-12-6-3-7-13-28/h2-7,10-17,24H,8-9,18-23H2,1H3,(H,32,35)/b17-16+. The van der Waals surface area contributed by atoms with Crippen LogP contribution in [-0.4, -0.2) is 42.0 Å². The maximum atomic E-state index is 12.0. The smallest absolute Gasteiger partial charge is 0.243 e. The van der Waals surface area contributed by atoms with E-state index in [-0.39, 0.29) is 5.91 Å². The van der Waals surface area contributed by atoms with E-state index in [0.717, 1.165) is 56.6 Å². The van der Waals surface area contributed by atoms with Crippen molar-refractivity contribution < 1.29 is 4.79 Å². The molecule has 1 saturated heterocycles. The quantitative estimate of drug-likeness (QED) is 0.316. The number of carbonyl (C=O) groups is 1. The van der Waals surface area contributed by atoms with Gasteiger partial charge < -0.3 is 10.2 Å². The van der Waals surface area contributed by atoms with E-state index >= 15 is 0 Å². The lowest BCUT2D eigenvalue weighted by atomic mass is 9.88. The topological polar surface area (TPSA) is 45.2 Å². The number of pyridine rings is 1. The number of aromatic nitrogens is 1. The molecule has 0 unspecified atom stereocenters. The van der Waals surface area contributed by atoms with Crippen molar-refractivity contribution in [1.82, 2.24) is 15.2 Å². The molecule has 1 aromatic heterocycles. The van der Waals surface area contributed by atoms with Gasteiger partial charge in [0.1, 0.15) is 0 Å². The molecule has 0 aliphatic carbocycles. The largest absolute Gasteiger partial charge is 0.353 e. The summed E-state index contributed by atoms with van der Waals surface area (Å²) in [4.78, 5) is 18.8. The summed E-state index contributed by atoms with van der Waals surface area (Å²) < 4.78 is 0. The molecule has 2 aromatic carbocycles. The van der Waals surface area contributed by atoms with Gasteiger partial charge in [-0.2, -0.15) is 0 Å². The first-order chi connectivity index (χ1) is 17.2. The average molecular weight is 466 g/mol. The second-order valence-corrected chi connectivity index (χ2v) is 9.12. The number of piperidine rings is 1. The number of carbonyl (C=O) groups excluding carboxylic acids is 1. The summed E-state index contributed by atoms with van der Waals surface area (Å²) in [5.74, 6) is -0.0484. The molecule has 1 aliphatic rings. The lowest BCUT2D eigenvalue weighted by Gasteiger charge is -2.30. The van der Waals surface area contributed by atoms with Crippen LogP contribution in [0.5, 0.6) is 0 Å². The minimum atomic E-state index is -0.0484. The van der Waals surface area contributed by atoms with E-state index in [0.29, 0.717) is 6.54 Å². The molecule has 1 amide bonds. The Kier molecular flexibility index (Phi) is 9.02. The number of unbranched alkanes of at least 4 members (excludes halogenated alkanes) is 1. The van der Waals surface area contributed by atoms with Crippen LogP contribution in [0.2, 0.25) is 0 Å². The Morgan fingerprint density at radius 3 is 2.17 bits per heavy atom. The molecular weight excluding hydrogens is 430 g/mol. The van der Waals surface area contributed by atoms with Crippen LogP contribution in [0.4, 0.5) is 0 Å². The molecular formula is C31H35N3O. The van der Waals surface area contributed by atoms with Crippen molar-refractivity contribution in [3.63, 3.8) is 0 Å². The van der Waals surface area contributed by atoms with Gasteiger partial charge >= 0.3 is 0 Å². The fraction of sp³-hybridized carbons (Fsp3) is 0.290. The first kappa shape index (κ1) is 24.6. The summed E-state index contributed by atoms with van der Waals surface area (Å²) >= 11 is 0. The SMILES string of the molecule is Cc1ccc(/C=C/C(=O)NCCCCN2CCC(=C(c3ccccc3)c3ccccc3)CC2)cn1. The highest BCUT2D eigenvalue weighted by atomic mass is 16.1. The second kappa shape index (κ2) is 12.8. The van der Waals surface area contributed by atoms with E-state index in [1.54, 1.807) is 23.9 Å². The molecule has 3 aromatic rings. The molecule has 1 aliphatic heterocycles. The minimum absolute atomic E-state index is 0.0484. The van der Waals surface area contributed by atoms with E-state index in [2.05, 4.69) is 75.9 Å². The Morgan fingerprint density at radius 2 is 1.57 bits per heavy atom. The molecule has 0 atom stereocenters. The zero-order valence-electron chi connectivity index (χ0n) is 20.6. The predicted octanol–water partition coefficient (Wildman–Crippen LogP) is 5.90. The van der Waals surface area contributed by atoms with Crippen molar-refractivity contribution in [2.24, 2.45) is 0 Å². The summed E-state index contributed by atoms with van der Waals surface area (Å²) in [5.41, 5.74) is 7.49. The minimum Gasteiger partial charge on any atom is -0.353 e. The maximum Gasteiger partial charge on any atom is 0.243 e. The van der Waals surface area contributed by atoms with Gasteiger partial charge in [-0.15, -0.1) is 0 Å². The number of benzene rings is 2. The van der Waals surface area contributed by atoms with Gasteiger partial charge in [0.25, 0.3) is 0 Å². The van der Waals surface area contributed by atoms with Gasteiger partial charge in [0.05, 0.1) is 0 Å². The Balaban J connectivity index is 1.21. The zero-order chi connectivity index (χ0) is 24.3. The molecule has 0 radical (unpaired) electrons. The zero-order valence-corrected chi connectivity index (χ0v) is 20.6. The summed E-state index contributed by atoms with van der Waals surface area (Å²) in [5, 5.41) is 2.99. The van der Waals surface area contributed by atoms with Gasteiger partial charge in [-0.05, 0) is 73.6 Å². The molecule has 4 nitrogen and oxygen atoms in total. The van der Waals surface area contributed by atoms with Crippen molar-refractivity contribution in [2.45, 2.75) is 32.6 Å². The molecule has 180 valence electrons. The fourth-order valence-electron chi connectivity index (χ4n) is 4.56. The van der Waals surface area contributed by atoms with Crippen LogP contribution >= 0.6 is 0 Å². The third kappa shape index (κ3) is 7.49. The number of hydrogen-bond donors (Lipinski definition) is 1. The van der Waals surface area contributed by atoms with E-state index in [4.69, 9.17) is 0 Å². The Bertz CT molecular complexity index is 1080. The molecule has 1 fully saturated rings. The van der Waals surface area contributed by atoms with Crippen molar-refractivity contribution in [3.05, 3.63) is 113 Å². The molecule has 4 rings (SSSR count). The fourth-order valence-corrected chi connectivity index (χ4v) is 4.56. The first-order valence-corrected chi connectivity index (χ1v) is 12.6. The molecule has 4 heteroatoms. The highest BCUT2D eigenvalue weighted by Gasteiger charge is 2.18. The van der Waals surface area contributed by atoms with Crippen LogP contribution < -0.4 is 5.32 Å². The predicted molar refractivity (Wildman–Crippen MR) is 145 cm³/mol. The summed E-state index contributed by atoms with van der Waals surface area (Å²) in [6.07, 6.45) is 9.46. The number of likely N-dealkylation sites (tertiary alicyclic amines) is 1. The normalized spacial score (nSPS) is 14.3. The Hall–Kier alpha value is -3.50. The number of amides is 1. The third-order valence-electron chi connectivity index (χ3n) is 6.50. The van der Waals surface area contributed by atoms with Crippen molar-refractivity contribution in [2.75, 3.05) is 26.2 Å². The summed E-state index contributed by atoms with van der Waals surface area (Å²) in [7, 11) is 0. The van der Waals surface area contributed by atoms with Gasteiger partial charge in [-0.3, -0.25) is 9.78 Å². The van der Waals surface area contributed by atoms with E-state index in [9.17, 15) is 4.79 Å². The average Bonchev–Trinajstić information content (AvgIpc) is 2.90. The van der Waals surface area contributed by atoms with Gasteiger partial charge in [0.2, 0.25) is 5.91 Å². The van der Waals surface area contributed by atoms with Gasteiger partial charge in [0.15, 0.2) is 0 Å². The second-order valence-electron chi connectivity index (χ2n) is 9.12.